The Hall–Kier alpha value is -2.38. The fourth-order valence-electron chi connectivity index (χ4n) is 5.23. The Morgan fingerprint density at radius 3 is 2.72 bits per heavy atom. The van der Waals surface area contributed by atoms with Crippen molar-refractivity contribution in [3.05, 3.63) is 50.9 Å². The number of aromatic nitrogens is 2. The second-order valence-corrected chi connectivity index (χ2v) is 10.7. The molecule has 5 rings (SSSR count). The van der Waals surface area contributed by atoms with Crippen LogP contribution in [0.1, 0.15) is 48.2 Å². The number of amides is 1. The molecule has 3 aromatic heterocycles. The van der Waals surface area contributed by atoms with Gasteiger partial charge in [0.05, 0.1) is 23.3 Å². The standard InChI is InChI=1S/C24H26ClN3O3S/c25-21-8-7-17(32-21)13-28-20-14-27(11-9-18(20)19-2-1-10-26-23(19)28)22(29)12-15-3-5-16(6-4-15)24(30)31/h1-2,7-8,10,15-16H,3-6,9,11-14H2,(H,30,31)/t15-,16-. The van der Waals surface area contributed by atoms with E-state index < -0.39 is 5.97 Å². The molecule has 2 aliphatic rings. The van der Waals surface area contributed by atoms with Crippen LogP contribution < -0.4 is 0 Å². The lowest BCUT2D eigenvalue weighted by atomic mass is 9.80. The number of carbonyl (C=O) groups is 2. The number of hydrogen-bond acceptors (Lipinski definition) is 4. The van der Waals surface area contributed by atoms with Crippen LogP contribution in [-0.2, 0) is 29.1 Å². The molecule has 0 spiro atoms. The number of halogens is 1. The lowest BCUT2D eigenvalue weighted by Crippen LogP contribution is -2.38. The number of carboxylic acid groups (broad SMARTS) is 1. The van der Waals surface area contributed by atoms with Crippen molar-refractivity contribution < 1.29 is 14.7 Å². The largest absolute Gasteiger partial charge is 0.481 e. The van der Waals surface area contributed by atoms with Crippen molar-refractivity contribution in [1.82, 2.24) is 14.5 Å². The summed E-state index contributed by atoms with van der Waals surface area (Å²) >= 11 is 7.73. The monoisotopic (exact) mass is 471 g/mol. The quantitative estimate of drug-likeness (QED) is 0.570. The number of nitrogens with zero attached hydrogens (tertiary/aromatic N) is 3. The zero-order valence-electron chi connectivity index (χ0n) is 17.8. The van der Waals surface area contributed by atoms with E-state index in [1.54, 1.807) is 11.3 Å². The lowest BCUT2D eigenvalue weighted by Gasteiger charge is -2.31. The second kappa shape index (κ2) is 8.87. The predicted molar refractivity (Wildman–Crippen MR) is 125 cm³/mol. The van der Waals surface area contributed by atoms with E-state index in [1.807, 2.05) is 29.3 Å². The number of rotatable bonds is 5. The molecule has 1 saturated carbocycles. The average Bonchev–Trinajstić information content (AvgIpc) is 3.35. The Labute approximate surface area is 195 Å². The first-order valence-corrected chi connectivity index (χ1v) is 12.4. The summed E-state index contributed by atoms with van der Waals surface area (Å²) in [6.07, 6.45) is 6.17. The third-order valence-electron chi connectivity index (χ3n) is 6.97. The number of carboxylic acids is 1. The average molecular weight is 472 g/mol. The smallest absolute Gasteiger partial charge is 0.306 e. The van der Waals surface area contributed by atoms with Gasteiger partial charge in [0.2, 0.25) is 5.91 Å². The van der Waals surface area contributed by atoms with Gasteiger partial charge in [0, 0.05) is 35.1 Å². The maximum Gasteiger partial charge on any atom is 0.306 e. The van der Waals surface area contributed by atoms with Gasteiger partial charge < -0.3 is 14.6 Å². The van der Waals surface area contributed by atoms with Crippen molar-refractivity contribution in [1.29, 1.82) is 0 Å². The molecule has 0 radical (unpaired) electrons. The predicted octanol–water partition coefficient (Wildman–Crippen LogP) is 4.97. The normalized spacial score (nSPS) is 21.0. The molecule has 0 bridgehead atoms. The summed E-state index contributed by atoms with van der Waals surface area (Å²) in [5, 5.41) is 10.4. The molecule has 1 fully saturated rings. The Morgan fingerprint density at radius 2 is 2.00 bits per heavy atom. The van der Waals surface area contributed by atoms with Crippen molar-refractivity contribution in [2.75, 3.05) is 6.54 Å². The molecule has 1 aliphatic carbocycles. The molecule has 0 aromatic carbocycles. The summed E-state index contributed by atoms with van der Waals surface area (Å²) in [7, 11) is 0. The van der Waals surface area contributed by atoms with E-state index in [9.17, 15) is 14.7 Å². The lowest BCUT2D eigenvalue weighted by molar-refractivity contribution is -0.143. The SMILES string of the molecule is O=C(C[C@H]1CC[C@H](C(=O)O)CC1)N1CCc2c(n(Cc3ccc(Cl)s3)c3ncccc23)C1. The molecule has 0 unspecified atom stereocenters. The Kier molecular flexibility index (Phi) is 5.95. The maximum atomic E-state index is 13.1. The van der Waals surface area contributed by atoms with Crippen molar-refractivity contribution in [2.24, 2.45) is 11.8 Å². The van der Waals surface area contributed by atoms with E-state index in [2.05, 4.69) is 15.6 Å². The summed E-state index contributed by atoms with van der Waals surface area (Å²) in [5.41, 5.74) is 3.42. The van der Waals surface area contributed by atoms with E-state index in [-0.39, 0.29) is 11.8 Å². The van der Waals surface area contributed by atoms with E-state index in [1.165, 1.54) is 15.8 Å². The second-order valence-electron chi connectivity index (χ2n) is 8.92. The molecule has 8 heteroatoms. The highest BCUT2D eigenvalue weighted by Gasteiger charge is 2.31. The zero-order valence-corrected chi connectivity index (χ0v) is 19.4. The van der Waals surface area contributed by atoms with Crippen LogP contribution in [-0.4, -0.2) is 38.0 Å². The molecule has 1 N–H and O–H groups in total. The van der Waals surface area contributed by atoms with E-state index in [0.717, 1.165) is 41.5 Å². The van der Waals surface area contributed by atoms with Gasteiger partial charge in [-0.3, -0.25) is 9.59 Å². The van der Waals surface area contributed by atoms with Crippen molar-refractivity contribution in [3.8, 4) is 0 Å². The molecule has 4 heterocycles. The van der Waals surface area contributed by atoms with Gasteiger partial charge in [-0.15, -0.1) is 11.3 Å². The zero-order chi connectivity index (χ0) is 22.2. The van der Waals surface area contributed by atoms with Gasteiger partial charge in [-0.1, -0.05) is 11.6 Å². The van der Waals surface area contributed by atoms with Gasteiger partial charge in [0.1, 0.15) is 5.65 Å². The third-order valence-corrected chi connectivity index (χ3v) is 8.18. The fourth-order valence-corrected chi connectivity index (χ4v) is 6.30. The van der Waals surface area contributed by atoms with E-state index >= 15 is 0 Å². The van der Waals surface area contributed by atoms with Gasteiger partial charge in [0.25, 0.3) is 0 Å². The number of aliphatic carboxylic acids is 1. The van der Waals surface area contributed by atoms with E-state index in [0.29, 0.717) is 38.3 Å². The van der Waals surface area contributed by atoms with Crippen LogP contribution in [0.4, 0.5) is 0 Å². The molecule has 0 saturated heterocycles. The first-order chi connectivity index (χ1) is 15.5. The van der Waals surface area contributed by atoms with Crippen LogP contribution >= 0.6 is 22.9 Å². The highest BCUT2D eigenvalue weighted by atomic mass is 35.5. The Bertz CT molecular complexity index is 1160. The fraction of sp³-hybridized carbons (Fsp3) is 0.458. The molecule has 32 heavy (non-hydrogen) atoms. The van der Waals surface area contributed by atoms with Crippen LogP contribution in [0, 0.1) is 11.8 Å². The van der Waals surface area contributed by atoms with Gasteiger partial charge in [0.15, 0.2) is 0 Å². The summed E-state index contributed by atoms with van der Waals surface area (Å²) < 4.78 is 3.01. The molecule has 1 amide bonds. The minimum atomic E-state index is -0.702. The van der Waals surface area contributed by atoms with Gasteiger partial charge in [-0.25, -0.2) is 4.98 Å². The number of hydrogen-bond donors (Lipinski definition) is 1. The Morgan fingerprint density at radius 1 is 1.19 bits per heavy atom. The van der Waals surface area contributed by atoms with Crippen LogP contribution in [0.15, 0.2) is 30.5 Å². The topological polar surface area (TPSA) is 75.4 Å². The number of pyridine rings is 1. The number of carbonyl (C=O) groups excluding carboxylic acids is 1. The molecule has 6 nitrogen and oxygen atoms in total. The maximum absolute atomic E-state index is 13.1. The summed E-state index contributed by atoms with van der Waals surface area (Å²) in [6, 6.07) is 8.06. The first kappa shape index (κ1) is 21.5. The third kappa shape index (κ3) is 4.16. The van der Waals surface area contributed by atoms with Crippen LogP contribution in [0.25, 0.3) is 11.0 Å². The minimum absolute atomic E-state index is 0.179. The highest BCUT2D eigenvalue weighted by Crippen LogP contribution is 2.34. The number of thiophene rings is 1. The molecule has 3 aromatic rings. The van der Waals surface area contributed by atoms with Gasteiger partial charge in [-0.05, 0) is 67.9 Å². The summed E-state index contributed by atoms with van der Waals surface area (Å²) in [4.78, 5) is 32.1. The highest BCUT2D eigenvalue weighted by molar-refractivity contribution is 7.16. The minimum Gasteiger partial charge on any atom is -0.481 e. The molecular formula is C24H26ClN3O3S. The van der Waals surface area contributed by atoms with Crippen LogP contribution in [0.2, 0.25) is 4.34 Å². The number of fused-ring (bicyclic) bond motifs is 3. The first-order valence-electron chi connectivity index (χ1n) is 11.2. The molecule has 0 atom stereocenters. The van der Waals surface area contributed by atoms with Crippen molar-refractivity contribution >= 4 is 45.8 Å². The molecule has 1 aliphatic heterocycles. The molecular weight excluding hydrogens is 446 g/mol. The van der Waals surface area contributed by atoms with Crippen LogP contribution in [0.3, 0.4) is 0 Å². The van der Waals surface area contributed by atoms with Crippen molar-refractivity contribution in [2.45, 2.75) is 51.6 Å². The van der Waals surface area contributed by atoms with Gasteiger partial charge in [-0.2, -0.15) is 0 Å². The summed E-state index contributed by atoms with van der Waals surface area (Å²) in [5.74, 6) is -0.474. The Balaban J connectivity index is 1.34. The summed E-state index contributed by atoms with van der Waals surface area (Å²) in [6.45, 7) is 2.00. The van der Waals surface area contributed by atoms with Crippen LogP contribution in [0.5, 0.6) is 0 Å². The van der Waals surface area contributed by atoms with E-state index in [4.69, 9.17) is 11.6 Å². The van der Waals surface area contributed by atoms with Crippen molar-refractivity contribution in [3.63, 3.8) is 0 Å². The van der Waals surface area contributed by atoms with Gasteiger partial charge >= 0.3 is 5.97 Å². The molecule has 168 valence electrons.